The third kappa shape index (κ3) is 3.40. The van der Waals surface area contributed by atoms with Crippen LogP contribution in [0, 0.1) is 5.82 Å². The number of alkyl halides is 4. The van der Waals surface area contributed by atoms with E-state index in [0.717, 1.165) is 6.07 Å². The molecule has 21 heavy (non-hydrogen) atoms. The maximum Gasteiger partial charge on any atom is 0.390 e. The van der Waals surface area contributed by atoms with Crippen molar-refractivity contribution in [2.45, 2.75) is 31.4 Å². The summed E-state index contributed by atoms with van der Waals surface area (Å²) >= 11 is 5.95. The molecule has 2 aromatic rings. The molecule has 3 nitrogen and oxygen atoms in total. The van der Waals surface area contributed by atoms with Gasteiger partial charge in [-0.15, -0.1) is 11.6 Å². The Morgan fingerprint density at radius 1 is 1.38 bits per heavy atom. The predicted molar refractivity (Wildman–Crippen MR) is 71.2 cm³/mol. The summed E-state index contributed by atoms with van der Waals surface area (Å²) in [6.45, 7) is 1.27. The van der Waals surface area contributed by atoms with Gasteiger partial charge in [0.05, 0.1) is 29.9 Å². The van der Waals surface area contributed by atoms with Gasteiger partial charge in [0, 0.05) is 18.7 Å². The van der Waals surface area contributed by atoms with Crippen LogP contribution in [0.2, 0.25) is 0 Å². The smallest absolute Gasteiger partial charge is 0.390 e. The molecule has 1 unspecified atom stereocenters. The summed E-state index contributed by atoms with van der Waals surface area (Å²) in [4.78, 5) is 4.12. The Kier molecular flexibility index (Phi) is 4.32. The first-order valence-electron chi connectivity index (χ1n) is 6.17. The maximum atomic E-state index is 13.6. The Hall–Kier alpha value is -1.50. The lowest BCUT2D eigenvalue weighted by Crippen LogP contribution is -2.14. The lowest BCUT2D eigenvalue weighted by Gasteiger charge is -2.12. The van der Waals surface area contributed by atoms with E-state index < -0.39 is 23.8 Å². The summed E-state index contributed by atoms with van der Waals surface area (Å²) in [6.07, 6.45) is -5.32. The highest BCUT2D eigenvalue weighted by Crippen LogP contribution is 2.31. The van der Waals surface area contributed by atoms with E-state index in [1.807, 2.05) is 0 Å². The molecule has 116 valence electrons. The largest absolute Gasteiger partial charge is 0.494 e. The number of ether oxygens (including phenoxy) is 1. The number of halogens is 5. The van der Waals surface area contributed by atoms with Gasteiger partial charge in [0.15, 0.2) is 11.6 Å². The van der Waals surface area contributed by atoms with Crippen molar-refractivity contribution < 1.29 is 22.3 Å². The fraction of sp³-hybridized carbons (Fsp3) is 0.462. The van der Waals surface area contributed by atoms with Crippen LogP contribution in [0.5, 0.6) is 5.75 Å². The molecule has 0 radical (unpaired) electrons. The average molecular weight is 325 g/mol. The van der Waals surface area contributed by atoms with Crippen molar-refractivity contribution in [2.24, 2.45) is 0 Å². The number of aryl methyl sites for hydroxylation is 1. The van der Waals surface area contributed by atoms with Crippen LogP contribution in [0.4, 0.5) is 17.6 Å². The number of nitrogens with zero attached hydrogens (tertiary/aromatic N) is 2. The second kappa shape index (κ2) is 5.71. The Balaban J connectivity index is 2.55. The Morgan fingerprint density at radius 2 is 2.05 bits per heavy atom. The number of hydrogen-bond donors (Lipinski definition) is 0. The molecule has 0 saturated carbocycles. The van der Waals surface area contributed by atoms with E-state index in [-0.39, 0.29) is 23.6 Å². The molecule has 1 atom stereocenters. The lowest BCUT2D eigenvalue weighted by atomic mass is 10.2. The Labute approximate surface area is 123 Å². The van der Waals surface area contributed by atoms with E-state index in [1.165, 1.54) is 17.7 Å². The average Bonchev–Trinajstić information content (AvgIpc) is 2.72. The van der Waals surface area contributed by atoms with Crippen molar-refractivity contribution >= 4 is 22.6 Å². The highest BCUT2D eigenvalue weighted by Gasteiger charge is 2.28. The molecule has 0 aliphatic carbocycles. The van der Waals surface area contributed by atoms with Crippen LogP contribution in [-0.4, -0.2) is 22.8 Å². The van der Waals surface area contributed by atoms with Gasteiger partial charge in [0.2, 0.25) is 0 Å². The minimum atomic E-state index is -4.30. The van der Waals surface area contributed by atoms with E-state index in [4.69, 9.17) is 16.3 Å². The molecule has 0 spiro atoms. The molecular weight excluding hydrogens is 312 g/mol. The molecule has 1 aromatic heterocycles. The molecule has 0 saturated heterocycles. The molecule has 0 amide bonds. The quantitative estimate of drug-likeness (QED) is 0.614. The number of methoxy groups -OCH3 is 1. The highest BCUT2D eigenvalue weighted by molar-refractivity contribution is 6.20. The van der Waals surface area contributed by atoms with Crippen LogP contribution in [0.15, 0.2) is 12.1 Å². The fourth-order valence-electron chi connectivity index (χ4n) is 2.08. The molecule has 8 heteroatoms. The fourth-order valence-corrected chi connectivity index (χ4v) is 2.25. The van der Waals surface area contributed by atoms with Gasteiger partial charge in [0.25, 0.3) is 0 Å². The van der Waals surface area contributed by atoms with Gasteiger partial charge in [-0.05, 0) is 6.92 Å². The molecule has 0 bridgehead atoms. The van der Waals surface area contributed by atoms with Crippen LogP contribution in [0.1, 0.15) is 24.5 Å². The first-order chi connectivity index (χ1) is 9.73. The predicted octanol–water partition coefficient (Wildman–Crippen LogP) is 4.44. The first-order valence-corrected chi connectivity index (χ1v) is 6.61. The summed E-state index contributed by atoms with van der Waals surface area (Å²) in [5, 5.41) is -0.598. The second-order valence-electron chi connectivity index (χ2n) is 4.58. The van der Waals surface area contributed by atoms with Gasteiger partial charge in [-0.25, -0.2) is 9.37 Å². The molecule has 0 aliphatic rings. The van der Waals surface area contributed by atoms with Crippen LogP contribution in [0.25, 0.3) is 11.0 Å². The van der Waals surface area contributed by atoms with Gasteiger partial charge in [0.1, 0.15) is 5.82 Å². The summed E-state index contributed by atoms with van der Waals surface area (Å²) in [5.74, 6) is -0.410. The first kappa shape index (κ1) is 15.9. The van der Waals surface area contributed by atoms with E-state index in [2.05, 4.69) is 4.98 Å². The topological polar surface area (TPSA) is 27.1 Å². The van der Waals surface area contributed by atoms with Crippen LogP contribution < -0.4 is 4.74 Å². The maximum absolute atomic E-state index is 13.6. The summed E-state index contributed by atoms with van der Waals surface area (Å²) < 4.78 is 57.2. The molecule has 2 rings (SSSR count). The Morgan fingerprint density at radius 3 is 2.57 bits per heavy atom. The van der Waals surface area contributed by atoms with Crippen molar-refractivity contribution in [2.75, 3.05) is 7.11 Å². The van der Waals surface area contributed by atoms with Crippen LogP contribution in [-0.2, 0) is 6.54 Å². The van der Waals surface area contributed by atoms with Crippen molar-refractivity contribution in [3.63, 3.8) is 0 Å². The van der Waals surface area contributed by atoms with E-state index in [9.17, 15) is 17.6 Å². The molecular formula is C13H13ClF4N2O. The molecule has 1 aromatic carbocycles. The van der Waals surface area contributed by atoms with Gasteiger partial charge >= 0.3 is 6.18 Å². The summed E-state index contributed by atoms with van der Waals surface area (Å²) in [7, 11) is 1.28. The Bertz CT molecular complexity index is 652. The number of rotatable bonds is 4. The lowest BCUT2D eigenvalue weighted by molar-refractivity contribution is -0.136. The van der Waals surface area contributed by atoms with Gasteiger partial charge in [-0.2, -0.15) is 13.2 Å². The van der Waals surface area contributed by atoms with E-state index in [0.29, 0.717) is 5.52 Å². The van der Waals surface area contributed by atoms with E-state index in [1.54, 1.807) is 6.92 Å². The standard InChI is InChI=1S/C13H13ClF4N2O/c1-7(14)12-19-9-5-8(15)11(21-2)6-10(9)20(12)4-3-13(16,17)18/h5-7H,3-4H2,1-2H3. The molecule has 1 heterocycles. The molecule has 0 N–H and O–H groups in total. The van der Waals surface area contributed by atoms with Gasteiger partial charge in [-0.3, -0.25) is 0 Å². The third-order valence-electron chi connectivity index (χ3n) is 3.03. The zero-order valence-electron chi connectivity index (χ0n) is 11.3. The van der Waals surface area contributed by atoms with Gasteiger partial charge in [-0.1, -0.05) is 0 Å². The van der Waals surface area contributed by atoms with Crippen molar-refractivity contribution in [1.82, 2.24) is 9.55 Å². The van der Waals surface area contributed by atoms with Crippen molar-refractivity contribution in [3.8, 4) is 5.75 Å². The SMILES string of the molecule is COc1cc2c(cc1F)nc(C(C)Cl)n2CCC(F)(F)F. The third-order valence-corrected chi connectivity index (χ3v) is 3.22. The number of aromatic nitrogens is 2. The normalized spacial score (nSPS) is 13.7. The summed E-state index contributed by atoms with van der Waals surface area (Å²) in [5.41, 5.74) is 0.609. The number of hydrogen-bond acceptors (Lipinski definition) is 2. The van der Waals surface area contributed by atoms with Crippen LogP contribution >= 0.6 is 11.6 Å². The van der Waals surface area contributed by atoms with Crippen molar-refractivity contribution in [1.29, 1.82) is 0 Å². The van der Waals surface area contributed by atoms with Crippen molar-refractivity contribution in [3.05, 3.63) is 23.8 Å². The van der Waals surface area contributed by atoms with Gasteiger partial charge < -0.3 is 9.30 Å². The molecule has 0 aliphatic heterocycles. The van der Waals surface area contributed by atoms with Crippen LogP contribution in [0.3, 0.4) is 0 Å². The number of fused-ring (bicyclic) bond motifs is 1. The zero-order chi connectivity index (χ0) is 15.8. The molecule has 0 fully saturated rings. The minimum Gasteiger partial charge on any atom is -0.494 e. The minimum absolute atomic E-state index is 0.0514. The number of benzene rings is 1. The summed E-state index contributed by atoms with van der Waals surface area (Å²) in [6, 6.07) is 2.46. The van der Waals surface area contributed by atoms with E-state index >= 15 is 0 Å². The monoisotopic (exact) mass is 324 g/mol. The highest BCUT2D eigenvalue weighted by atomic mass is 35.5. The second-order valence-corrected chi connectivity index (χ2v) is 5.23. The number of imidazole rings is 1. The zero-order valence-corrected chi connectivity index (χ0v) is 12.1.